The van der Waals surface area contributed by atoms with Gasteiger partial charge in [-0.2, -0.15) is 0 Å². The Morgan fingerprint density at radius 3 is 1.38 bits per heavy atom. The van der Waals surface area contributed by atoms with Crippen molar-refractivity contribution in [3.8, 4) is 0 Å². The lowest BCUT2D eigenvalue weighted by atomic mass is 10.2. The molecule has 0 heterocycles. The van der Waals surface area contributed by atoms with Crippen molar-refractivity contribution in [3.63, 3.8) is 0 Å². The van der Waals surface area contributed by atoms with Gasteiger partial charge in [-0.15, -0.1) is 0 Å². The molecule has 0 spiro atoms. The van der Waals surface area contributed by atoms with Crippen LogP contribution in [0.15, 0.2) is 0 Å². The minimum Gasteiger partial charge on any atom is -0.396 e. The Morgan fingerprint density at radius 1 is 1.00 bits per heavy atom. The highest BCUT2D eigenvalue weighted by Crippen LogP contribution is 2.43. The highest BCUT2D eigenvalue weighted by atomic mass is 31.1. The lowest BCUT2D eigenvalue weighted by Crippen LogP contribution is -2.38. The average Bonchev–Trinajstić information content (AvgIpc) is 1.86. The molecule has 0 fully saturated rings. The summed E-state index contributed by atoms with van der Waals surface area (Å²) in [7, 11) is -1.63. The SMILES string of the molecule is CC.CP(C)O[Si](C)(C)C(C)(C)C. The molecule has 0 unspecified atom stereocenters. The molecule has 0 radical (unpaired) electrons. The second-order valence-electron chi connectivity index (χ2n) is 4.66. The molecule has 0 aromatic carbocycles. The quantitative estimate of drug-likeness (QED) is 0.486. The summed E-state index contributed by atoms with van der Waals surface area (Å²) >= 11 is 0. The Balaban J connectivity index is 0. The van der Waals surface area contributed by atoms with Gasteiger partial charge in [0, 0.05) is 8.15 Å². The summed E-state index contributed by atoms with van der Waals surface area (Å²) in [6.45, 7) is 19.8. The van der Waals surface area contributed by atoms with E-state index in [2.05, 4.69) is 47.2 Å². The maximum absolute atomic E-state index is 6.01. The second-order valence-corrected chi connectivity index (χ2v) is 11.5. The molecule has 0 aliphatic heterocycles. The highest BCUT2D eigenvalue weighted by Gasteiger charge is 2.37. The van der Waals surface area contributed by atoms with Gasteiger partial charge in [0.2, 0.25) is 0 Å². The summed E-state index contributed by atoms with van der Waals surface area (Å²) in [6.07, 6.45) is 0. The molecule has 0 rings (SSSR count). The van der Waals surface area contributed by atoms with Crippen molar-refractivity contribution >= 4 is 16.5 Å². The third-order valence-electron chi connectivity index (χ3n) is 2.22. The van der Waals surface area contributed by atoms with Crippen LogP contribution in [0.4, 0.5) is 0 Å². The van der Waals surface area contributed by atoms with E-state index in [0.29, 0.717) is 5.04 Å². The molecule has 0 amide bonds. The smallest absolute Gasteiger partial charge is 0.196 e. The Hall–Kier alpha value is 0.607. The number of rotatable bonds is 2. The Morgan fingerprint density at radius 2 is 1.31 bits per heavy atom. The van der Waals surface area contributed by atoms with Crippen molar-refractivity contribution in [2.75, 3.05) is 13.3 Å². The van der Waals surface area contributed by atoms with Crippen LogP contribution in [0.25, 0.3) is 0 Å². The zero-order valence-corrected chi connectivity index (χ0v) is 12.7. The third-order valence-corrected chi connectivity index (χ3v) is 9.12. The normalized spacial score (nSPS) is 12.5. The Labute approximate surface area is 87.2 Å². The minimum absolute atomic E-state index is 0.191. The second kappa shape index (κ2) is 6.16. The molecule has 0 bridgehead atoms. The van der Waals surface area contributed by atoms with E-state index in [1.54, 1.807) is 0 Å². The van der Waals surface area contributed by atoms with E-state index in [1.165, 1.54) is 0 Å². The van der Waals surface area contributed by atoms with Crippen molar-refractivity contribution < 1.29 is 4.21 Å². The van der Waals surface area contributed by atoms with E-state index in [4.69, 9.17) is 4.21 Å². The molecule has 1 nitrogen and oxygen atoms in total. The van der Waals surface area contributed by atoms with E-state index < -0.39 is 8.32 Å². The fourth-order valence-electron chi connectivity index (χ4n) is 0.593. The zero-order valence-electron chi connectivity index (χ0n) is 10.9. The van der Waals surface area contributed by atoms with E-state index in [1.807, 2.05) is 13.8 Å². The summed E-state index contributed by atoms with van der Waals surface area (Å²) in [6, 6.07) is 0. The molecule has 13 heavy (non-hydrogen) atoms. The molecule has 3 heteroatoms. The topological polar surface area (TPSA) is 9.23 Å². The predicted octanol–water partition coefficient (Wildman–Crippen LogP) is 4.69. The van der Waals surface area contributed by atoms with Gasteiger partial charge in [0.15, 0.2) is 8.32 Å². The first-order valence-electron chi connectivity index (χ1n) is 5.03. The molecule has 0 saturated carbocycles. The monoisotopic (exact) mass is 222 g/mol. The van der Waals surface area contributed by atoms with Gasteiger partial charge < -0.3 is 4.21 Å². The third kappa shape index (κ3) is 6.65. The van der Waals surface area contributed by atoms with E-state index in [0.717, 1.165) is 0 Å². The lowest BCUT2D eigenvalue weighted by Gasteiger charge is -2.37. The van der Waals surface area contributed by atoms with Gasteiger partial charge in [-0.05, 0) is 31.5 Å². The van der Waals surface area contributed by atoms with Gasteiger partial charge in [-0.3, -0.25) is 0 Å². The zero-order chi connectivity index (χ0) is 11.3. The molecule has 0 atom stereocenters. The first-order chi connectivity index (χ1) is 5.67. The minimum atomic E-state index is -1.44. The lowest BCUT2D eigenvalue weighted by molar-refractivity contribution is 0.535. The summed E-state index contributed by atoms with van der Waals surface area (Å²) in [5.41, 5.74) is 0. The average molecular weight is 222 g/mol. The molecule has 0 aromatic heterocycles. The van der Waals surface area contributed by atoms with Gasteiger partial charge >= 0.3 is 0 Å². The molecule has 82 valence electrons. The Bertz CT molecular complexity index is 127. The van der Waals surface area contributed by atoms with Crippen LogP contribution in [-0.4, -0.2) is 21.6 Å². The van der Waals surface area contributed by atoms with Gasteiger partial charge in [-0.1, -0.05) is 34.6 Å². The first-order valence-corrected chi connectivity index (χ1v) is 10.1. The number of hydrogen-bond acceptors (Lipinski definition) is 1. The maximum atomic E-state index is 6.01. The summed E-state index contributed by atoms with van der Waals surface area (Å²) in [4.78, 5) is 0. The predicted molar refractivity (Wildman–Crippen MR) is 68.4 cm³/mol. The molecule has 0 N–H and O–H groups in total. The molecule has 0 aliphatic rings. The van der Waals surface area contributed by atoms with Crippen molar-refractivity contribution in [1.29, 1.82) is 0 Å². The number of hydrogen-bond donors (Lipinski definition) is 0. The van der Waals surface area contributed by atoms with Crippen LogP contribution in [0.2, 0.25) is 18.1 Å². The van der Waals surface area contributed by atoms with Gasteiger partial charge in [-0.25, -0.2) is 0 Å². The van der Waals surface area contributed by atoms with Crippen molar-refractivity contribution in [3.05, 3.63) is 0 Å². The van der Waals surface area contributed by atoms with Gasteiger partial charge in [0.1, 0.15) is 0 Å². The molecule has 0 saturated heterocycles. The van der Waals surface area contributed by atoms with E-state index in [9.17, 15) is 0 Å². The maximum Gasteiger partial charge on any atom is 0.196 e. The molecule has 0 aliphatic carbocycles. The van der Waals surface area contributed by atoms with Crippen molar-refractivity contribution in [2.24, 2.45) is 0 Å². The fourth-order valence-corrected chi connectivity index (χ4v) is 5.34. The summed E-state index contributed by atoms with van der Waals surface area (Å²) < 4.78 is 6.01. The highest BCUT2D eigenvalue weighted by molar-refractivity contribution is 7.52. The molecule has 0 aromatic rings. The standard InChI is InChI=1S/C8H21OPSi.C2H6/c1-8(2,3)11(6,7)9-10(4)5;1-2/h1-7H3;1-2H3. The van der Waals surface area contributed by atoms with Crippen LogP contribution >= 0.6 is 8.15 Å². The van der Waals surface area contributed by atoms with Crippen LogP contribution < -0.4 is 0 Å². The fraction of sp³-hybridized carbons (Fsp3) is 1.00. The van der Waals surface area contributed by atoms with Gasteiger partial charge in [0.05, 0.1) is 0 Å². The van der Waals surface area contributed by atoms with Crippen LogP contribution in [0.3, 0.4) is 0 Å². The molecular weight excluding hydrogens is 195 g/mol. The van der Waals surface area contributed by atoms with Crippen LogP contribution in [0.5, 0.6) is 0 Å². The Kier molecular flexibility index (Phi) is 7.60. The van der Waals surface area contributed by atoms with Crippen molar-refractivity contribution in [2.45, 2.75) is 52.8 Å². The van der Waals surface area contributed by atoms with Gasteiger partial charge in [0.25, 0.3) is 0 Å². The summed E-state index contributed by atoms with van der Waals surface area (Å²) in [5.74, 6) is 0. The van der Waals surface area contributed by atoms with Crippen molar-refractivity contribution in [1.82, 2.24) is 0 Å². The van der Waals surface area contributed by atoms with E-state index >= 15 is 0 Å². The largest absolute Gasteiger partial charge is 0.396 e. The summed E-state index contributed by atoms with van der Waals surface area (Å²) in [5, 5.41) is 0.361. The molecular formula is C10H27OPSi. The van der Waals surface area contributed by atoms with Crippen LogP contribution in [-0.2, 0) is 4.21 Å². The first kappa shape index (κ1) is 16.1. The van der Waals surface area contributed by atoms with Crippen LogP contribution in [0.1, 0.15) is 34.6 Å². The van der Waals surface area contributed by atoms with Crippen LogP contribution in [0, 0.1) is 0 Å². The van der Waals surface area contributed by atoms with E-state index in [-0.39, 0.29) is 8.15 Å².